The van der Waals surface area contributed by atoms with Gasteiger partial charge in [0, 0.05) is 46.8 Å². The summed E-state index contributed by atoms with van der Waals surface area (Å²) in [5.74, 6) is 2.09. The summed E-state index contributed by atoms with van der Waals surface area (Å²) < 4.78 is 28.1. The number of hydrogen-bond donors (Lipinski definition) is 0. The van der Waals surface area contributed by atoms with Gasteiger partial charge in [-0.25, -0.2) is 0 Å². The van der Waals surface area contributed by atoms with Crippen LogP contribution in [0.4, 0.5) is 0 Å². The Morgan fingerprint density at radius 3 is 2.45 bits per heavy atom. The number of methoxy groups -OCH3 is 3. The van der Waals surface area contributed by atoms with Crippen molar-refractivity contribution in [2.45, 2.75) is 13.8 Å². The number of rotatable bonds is 6. The molecule has 2 aromatic carbocycles. The molecule has 1 saturated heterocycles. The van der Waals surface area contributed by atoms with Crippen LogP contribution in [0.5, 0.6) is 17.2 Å². The molecular formula is C26H29NO6. The first-order chi connectivity index (χ1) is 16.0. The van der Waals surface area contributed by atoms with Crippen molar-refractivity contribution in [1.29, 1.82) is 0 Å². The van der Waals surface area contributed by atoms with E-state index in [1.54, 1.807) is 38.6 Å². The second-order valence-electron chi connectivity index (χ2n) is 7.94. The summed E-state index contributed by atoms with van der Waals surface area (Å²) in [4.78, 5) is 14.6. The van der Waals surface area contributed by atoms with Crippen LogP contribution in [0.1, 0.15) is 18.1 Å². The first-order valence-corrected chi connectivity index (χ1v) is 10.8. The Labute approximate surface area is 193 Å². The summed E-state index contributed by atoms with van der Waals surface area (Å²) in [6, 6.07) is 7.66. The normalized spacial score (nSPS) is 14.5. The van der Waals surface area contributed by atoms with Gasteiger partial charge in [-0.05, 0) is 43.7 Å². The maximum Gasteiger partial charge on any atom is 0.247 e. The first kappa shape index (κ1) is 22.7. The molecule has 0 unspecified atom stereocenters. The van der Waals surface area contributed by atoms with Gasteiger partial charge in [-0.15, -0.1) is 0 Å². The monoisotopic (exact) mass is 451 g/mol. The number of amides is 1. The highest BCUT2D eigenvalue weighted by Gasteiger charge is 2.22. The molecule has 0 atom stereocenters. The van der Waals surface area contributed by atoms with E-state index in [1.807, 2.05) is 38.1 Å². The molecule has 4 rings (SSSR count). The molecule has 1 amide bonds. The van der Waals surface area contributed by atoms with Crippen molar-refractivity contribution in [2.24, 2.45) is 0 Å². The van der Waals surface area contributed by atoms with Crippen molar-refractivity contribution in [3.63, 3.8) is 0 Å². The number of carbonyl (C=O) groups excluding carboxylic acids is 1. The first-order valence-electron chi connectivity index (χ1n) is 10.8. The van der Waals surface area contributed by atoms with E-state index in [2.05, 4.69) is 0 Å². The highest BCUT2D eigenvalue weighted by Crippen LogP contribution is 2.43. The van der Waals surface area contributed by atoms with Crippen LogP contribution in [-0.4, -0.2) is 58.4 Å². The van der Waals surface area contributed by atoms with E-state index in [-0.39, 0.29) is 5.91 Å². The van der Waals surface area contributed by atoms with Gasteiger partial charge in [0.15, 0.2) is 0 Å². The number of hydrogen-bond acceptors (Lipinski definition) is 6. The molecule has 0 aliphatic carbocycles. The SMILES string of the molecule is COc1ccc(OC)c(-c2coc3c(C)c(OC)c(/C(C)=C/C(=O)N4CCOCC4)cc23)c1. The fourth-order valence-electron chi connectivity index (χ4n) is 4.24. The second-order valence-corrected chi connectivity index (χ2v) is 7.94. The van der Waals surface area contributed by atoms with E-state index < -0.39 is 0 Å². The summed E-state index contributed by atoms with van der Waals surface area (Å²) in [5, 5.41) is 0.904. The average Bonchev–Trinajstić information content (AvgIpc) is 3.28. The molecule has 1 aliphatic rings. The molecule has 0 spiro atoms. The molecule has 3 aromatic rings. The van der Waals surface area contributed by atoms with Gasteiger partial charge in [0.05, 0.1) is 40.8 Å². The van der Waals surface area contributed by atoms with Crippen LogP contribution in [-0.2, 0) is 9.53 Å². The minimum atomic E-state index is -0.0301. The Morgan fingerprint density at radius 1 is 1.03 bits per heavy atom. The van der Waals surface area contributed by atoms with Gasteiger partial charge in [-0.3, -0.25) is 4.79 Å². The standard InChI is InChI=1S/C26H29NO6/c1-16(12-24(28)27-8-10-32-11-9-27)19-14-21-22(15-33-26(21)17(2)25(19)31-5)20-13-18(29-3)6-7-23(20)30-4/h6-7,12-15H,8-11H2,1-5H3/b16-12+. The Hall–Kier alpha value is -3.45. The molecule has 0 saturated carbocycles. The van der Waals surface area contributed by atoms with Crippen molar-refractivity contribution in [2.75, 3.05) is 47.6 Å². The van der Waals surface area contributed by atoms with Gasteiger partial charge in [0.2, 0.25) is 5.91 Å². The molecule has 0 radical (unpaired) electrons. The van der Waals surface area contributed by atoms with Crippen LogP contribution in [0, 0.1) is 6.92 Å². The zero-order valence-electron chi connectivity index (χ0n) is 19.7. The number of allylic oxidation sites excluding steroid dienone is 1. The van der Waals surface area contributed by atoms with Gasteiger partial charge in [-0.1, -0.05) is 0 Å². The maximum atomic E-state index is 12.8. The van der Waals surface area contributed by atoms with Crippen molar-refractivity contribution in [3.8, 4) is 28.4 Å². The van der Waals surface area contributed by atoms with Crippen LogP contribution < -0.4 is 14.2 Å². The van der Waals surface area contributed by atoms with E-state index >= 15 is 0 Å². The minimum absolute atomic E-state index is 0.0301. The molecule has 1 fully saturated rings. The Kier molecular flexibility index (Phi) is 6.60. The van der Waals surface area contributed by atoms with Crippen LogP contribution in [0.15, 0.2) is 41.0 Å². The Morgan fingerprint density at radius 2 is 1.79 bits per heavy atom. The number of nitrogens with zero attached hydrogens (tertiary/aromatic N) is 1. The zero-order valence-corrected chi connectivity index (χ0v) is 19.7. The third-order valence-electron chi connectivity index (χ3n) is 6.03. The van der Waals surface area contributed by atoms with Gasteiger partial charge in [-0.2, -0.15) is 0 Å². The topological polar surface area (TPSA) is 70.4 Å². The highest BCUT2D eigenvalue weighted by atomic mass is 16.5. The van der Waals surface area contributed by atoms with Gasteiger partial charge >= 0.3 is 0 Å². The second kappa shape index (κ2) is 9.58. The molecule has 0 bridgehead atoms. The number of furan rings is 1. The quantitative estimate of drug-likeness (QED) is 0.506. The van der Waals surface area contributed by atoms with E-state index in [1.165, 1.54) is 0 Å². The lowest BCUT2D eigenvalue weighted by Gasteiger charge is -2.26. The highest BCUT2D eigenvalue weighted by molar-refractivity contribution is 6.02. The fourth-order valence-corrected chi connectivity index (χ4v) is 4.24. The Balaban J connectivity index is 1.85. The molecular weight excluding hydrogens is 422 g/mol. The number of ether oxygens (including phenoxy) is 4. The van der Waals surface area contributed by atoms with Gasteiger partial charge in [0.25, 0.3) is 0 Å². The number of morpholine rings is 1. The van der Waals surface area contributed by atoms with Crippen LogP contribution >= 0.6 is 0 Å². The molecule has 2 heterocycles. The average molecular weight is 452 g/mol. The van der Waals surface area contributed by atoms with E-state index in [0.29, 0.717) is 37.8 Å². The van der Waals surface area contributed by atoms with E-state index in [4.69, 9.17) is 23.4 Å². The van der Waals surface area contributed by atoms with Crippen molar-refractivity contribution in [3.05, 3.63) is 47.7 Å². The number of aryl methyl sites for hydroxylation is 1. The lowest BCUT2D eigenvalue weighted by Crippen LogP contribution is -2.39. The summed E-state index contributed by atoms with van der Waals surface area (Å²) in [5.41, 5.74) is 4.98. The maximum absolute atomic E-state index is 12.8. The predicted octanol–water partition coefficient (Wildman–Crippen LogP) is 4.70. The molecule has 0 N–H and O–H groups in total. The largest absolute Gasteiger partial charge is 0.497 e. The number of fused-ring (bicyclic) bond motifs is 1. The minimum Gasteiger partial charge on any atom is -0.497 e. The number of carbonyl (C=O) groups is 1. The number of benzene rings is 2. The summed E-state index contributed by atoms with van der Waals surface area (Å²) in [7, 11) is 4.90. The Bertz CT molecular complexity index is 1200. The van der Waals surface area contributed by atoms with E-state index in [9.17, 15) is 4.79 Å². The molecule has 1 aromatic heterocycles. The van der Waals surface area contributed by atoms with Crippen molar-refractivity contribution < 1.29 is 28.2 Å². The van der Waals surface area contributed by atoms with Crippen molar-refractivity contribution in [1.82, 2.24) is 4.90 Å². The summed E-state index contributed by atoms with van der Waals surface area (Å²) in [6.45, 7) is 6.20. The molecule has 7 heteroatoms. The molecule has 174 valence electrons. The van der Waals surface area contributed by atoms with Gasteiger partial charge in [0.1, 0.15) is 22.8 Å². The van der Waals surface area contributed by atoms with Crippen LogP contribution in [0.25, 0.3) is 27.7 Å². The molecule has 1 aliphatic heterocycles. The van der Waals surface area contributed by atoms with Crippen LogP contribution in [0.3, 0.4) is 0 Å². The molecule has 7 nitrogen and oxygen atoms in total. The third kappa shape index (κ3) is 4.28. The fraction of sp³-hybridized carbons (Fsp3) is 0.346. The van der Waals surface area contributed by atoms with E-state index in [0.717, 1.165) is 44.5 Å². The van der Waals surface area contributed by atoms with Crippen molar-refractivity contribution >= 4 is 22.4 Å². The summed E-state index contributed by atoms with van der Waals surface area (Å²) in [6.07, 6.45) is 3.39. The summed E-state index contributed by atoms with van der Waals surface area (Å²) >= 11 is 0. The zero-order chi connectivity index (χ0) is 23.5. The lowest BCUT2D eigenvalue weighted by molar-refractivity contribution is -0.129. The smallest absolute Gasteiger partial charge is 0.247 e. The van der Waals surface area contributed by atoms with Crippen LogP contribution in [0.2, 0.25) is 0 Å². The molecule has 33 heavy (non-hydrogen) atoms. The lowest BCUT2D eigenvalue weighted by atomic mass is 9.96. The predicted molar refractivity (Wildman–Crippen MR) is 127 cm³/mol. The third-order valence-corrected chi connectivity index (χ3v) is 6.03. The van der Waals surface area contributed by atoms with Gasteiger partial charge < -0.3 is 28.3 Å².